The number of H-pyrrole nitrogens is 1. The van der Waals surface area contributed by atoms with Crippen LogP contribution in [0.1, 0.15) is 40.7 Å². The van der Waals surface area contributed by atoms with E-state index in [0.717, 1.165) is 37.2 Å². The molecule has 1 fully saturated rings. The molecule has 1 aromatic heterocycles. The predicted octanol–water partition coefficient (Wildman–Crippen LogP) is 4.48. The van der Waals surface area contributed by atoms with Crippen LogP contribution in [0.5, 0.6) is 11.5 Å². The van der Waals surface area contributed by atoms with E-state index in [9.17, 15) is 9.18 Å². The Morgan fingerprint density at radius 1 is 1.29 bits per heavy atom. The zero-order valence-corrected chi connectivity index (χ0v) is 20.1. The highest BCUT2D eigenvalue weighted by Crippen LogP contribution is 2.35. The molecule has 6 nitrogen and oxygen atoms in total. The number of primary amides is 1. The second kappa shape index (κ2) is 10.2. The molecule has 8 heteroatoms. The average Bonchev–Trinajstić information content (AvgIpc) is 3.56. The second-order valence-corrected chi connectivity index (χ2v) is 9.20. The van der Waals surface area contributed by atoms with E-state index in [4.69, 9.17) is 15.2 Å². The van der Waals surface area contributed by atoms with Gasteiger partial charge in [-0.15, -0.1) is 12.4 Å². The molecule has 0 bridgehead atoms. The number of hydrogen-bond acceptors (Lipinski definition) is 4. The maximum Gasteiger partial charge on any atom is 0.249 e. The third-order valence-corrected chi connectivity index (χ3v) is 6.91. The number of aromatic amines is 1. The summed E-state index contributed by atoms with van der Waals surface area (Å²) in [5, 5.41) is 1.19. The Morgan fingerprint density at radius 3 is 2.85 bits per heavy atom. The molecular weight excluding hydrogens is 457 g/mol. The SMILES string of the molecule is COc1ccc2[nH]cc(CCCN(CC3CC3)C3COc4c(F)ccc(C(N)=O)c4C3)c2c1.Cl. The lowest BCUT2D eigenvalue weighted by Gasteiger charge is -2.36. The number of aryl methyl sites for hydroxylation is 1. The first kappa shape index (κ1) is 24.4. The van der Waals surface area contributed by atoms with Gasteiger partial charge in [0.25, 0.3) is 0 Å². The number of nitrogens with zero attached hydrogens (tertiary/aromatic N) is 1. The van der Waals surface area contributed by atoms with Crippen LogP contribution in [0.15, 0.2) is 36.5 Å². The van der Waals surface area contributed by atoms with Crippen LogP contribution < -0.4 is 15.2 Å². The van der Waals surface area contributed by atoms with Gasteiger partial charge in [-0.25, -0.2) is 4.39 Å². The lowest BCUT2D eigenvalue weighted by Crippen LogP contribution is -2.45. The molecular formula is C26H31ClFN3O3. The quantitative estimate of drug-likeness (QED) is 0.466. The van der Waals surface area contributed by atoms with Crippen molar-refractivity contribution in [1.29, 1.82) is 0 Å². The van der Waals surface area contributed by atoms with E-state index in [0.29, 0.717) is 30.1 Å². The van der Waals surface area contributed by atoms with Crippen LogP contribution in [0, 0.1) is 11.7 Å². The summed E-state index contributed by atoms with van der Waals surface area (Å²) in [7, 11) is 1.68. The number of fused-ring (bicyclic) bond motifs is 2. The van der Waals surface area contributed by atoms with E-state index < -0.39 is 11.7 Å². The van der Waals surface area contributed by atoms with Gasteiger partial charge < -0.3 is 20.2 Å². The Kier molecular flexibility index (Phi) is 7.33. The number of ether oxygens (including phenoxy) is 2. The number of carbonyl (C=O) groups is 1. The maximum atomic E-state index is 14.3. The fraction of sp³-hybridized carbons (Fsp3) is 0.423. The highest BCUT2D eigenvalue weighted by Gasteiger charge is 2.33. The highest BCUT2D eigenvalue weighted by molar-refractivity contribution is 5.95. The van der Waals surface area contributed by atoms with Crippen LogP contribution in [-0.2, 0) is 12.8 Å². The van der Waals surface area contributed by atoms with Crippen molar-refractivity contribution in [2.24, 2.45) is 11.7 Å². The number of hydrogen-bond donors (Lipinski definition) is 2. The zero-order chi connectivity index (χ0) is 22.9. The van der Waals surface area contributed by atoms with Crippen LogP contribution >= 0.6 is 12.4 Å². The Balaban J connectivity index is 0.00000274. The van der Waals surface area contributed by atoms with E-state index in [1.165, 1.54) is 35.9 Å². The molecule has 5 rings (SSSR count). The molecule has 34 heavy (non-hydrogen) atoms. The molecule has 2 heterocycles. The first-order valence-electron chi connectivity index (χ1n) is 11.7. The van der Waals surface area contributed by atoms with Crippen molar-refractivity contribution in [1.82, 2.24) is 9.88 Å². The Hall–Kier alpha value is -2.77. The molecule has 2 aliphatic rings. The molecule has 1 amide bonds. The summed E-state index contributed by atoms with van der Waals surface area (Å²) in [6, 6.07) is 8.92. The van der Waals surface area contributed by atoms with Gasteiger partial charge in [-0.2, -0.15) is 0 Å². The molecule has 1 unspecified atom stereocenters. The van der Waals surface area contributed by atoms with E-state index in [2.05, 4.69) is 22.1 Å². The fourth-order valence-electron chi connectivity index (χ4n) is 4.92. The van der Waals surface area contributed by atoms with E-state index in [-0.39, 0.29) is 24.2 Å². The Bertz CT molecular complexity index is 1180. The van der Waals surface area contributed by atoms with Crippen LogP contribution in [-0.4, -0.2) is 48.6 Å². The van der Waals surface area contributed by atoms with E-state index in [1.54, 1.807) is 7.11 Å². The fourth-order valence-corrected chi connectivity index (χ4v) is 4.92. The number of amides is 1. The maximum absolute atomic E-state index is 14.3. The smallest absolute Gasteiger partial charge is 0.249 e. The van der Waals surface area contributed by atoms with Gasteiger partial charge in [0.05, 0.1) is 7.11 Å². The summed E-state index contributed by atoms with van der Waals surface area (Å²) in [6.45, 7) is 2.34. The third kappa shape index (κ3) is 5.00. The van der Waals surface area contributed by atoms with Crippen molar-refractivity contribution in [3.05, 3.63) is 59.0 Å². The standard InChI is InChI=1S/C26H30FN3O3.ClH/c1-32-19-6-9-24-21(12-19)17(13-29-24)3-2-10-30(14-16-4-5-16)18-11-22-20(26(28)31)7-8-23(27)25(22)33-15-18;/h6-9,12-13,16,18,29H,2-5,10-11,14-15H2,1H3,(H2,28,31);1H. The van der Waals surface area contributed by atoms with Gasteiger partial charge in [0, 0.05) is 40.8 Å². The lowest BCUT2D eigenvalue weighted by molar-refractivity contribution is 0.0980. The Morgan fingerprint density at radius 2 is 2.12 bits per heavy atom. The molecule has 3 aromatic rings. The number of halogens is 2. The summed E-state index contributed by atoms with van der Waals surface area (Å²) >= 11 is 0. The van der Waals surface area contributed by atoms with Crippen LogP contribution in [0.3, 0.4) is 0 Å². The van der Waals surface area contributed by atoms with Crippen LogP contribution in [0.4, 0.5) is 4.39 Å². The van der Waals surface area contributed by atoms with Crippen molar-refractivity contribution >= 4 is 29.2 Å². The number of nitrogens with one attached hydrogen (secondary N) is 1. The van der Waals surface area contributed by atoms with E-state index in [1.807, 2.05) is 12.1 Å². The van der Waals surface area contributed by atoms with E-state index >= 15 is 0 Å². The highest BCUT2D eigenvalue weighted by atomic mass is 35.5. The molecule has 1 saturated carbocycles. The lowest BCUT2D eigenvalue weighted by atomic mass is 9.95. The molecule has 1 aliphatic carbocycles. The first-order chi connectivity index (χ1) is 16.0. The van der Waals surface area contributed by atoms with Crippen molar-refractivity contribution < 1.29 is 18.7 Å². The molecule has 1 aliphatic heterocycles. The number of aromatic nitrogens is 1. The van der Waals surface area contributed by atoms with Gasteiger partial charge in [0.15, 0.2) is 11.6 Å². The molecule has 182 valence electrons. The van der Waals surface area contributed by atoms with Crippen molar-refractivity contribution in [2.45, 2.75) is 38.1 Å². The van der Waals surface area contributed by atoms with Gasteiger partial charge in [-0.3, -0.25) is 9.69 Å². The number of methoxy groups -OCH3 is 1. The van der Waals surface area contributed by atoms with Gasteiger partial charge in [-0.1, -0.05) is 0 Å². The Labute approximate surface area is 205 Å². The number of benzene rings is 2. The van der Waals surface area contributed by atoms with Gasteiger partial charge in [0.2, 0.25) is 5.91 Å². The summed E-state index contributed by atoms with van der Waals surface area (Å²) in [5.41, 5.74) is 8.90. The van der Waals surface area contributed by atoms with Crippen molar-refractivity contribution in [3.63, 3.8) is 0 Å². The topological polar surface area (TPSA) is 80.6 Å². The third-order valence-electron chi connectivity index (χ3n) is 6.91. The molecule has 0 spiro atoms. The van der Waals surface area contributed by atoms with Crippen LogP contribution in [0.2, 0.25) is 0 Å². The molecule has 2 aromatic carbocycles. The minimum Gasteiger partial charge on any atom is -0.497 e. The second-order valence-electron chi connectivity index (χ2n) is 9.20. The molecule has 3 N–H and O–H groups in total. The zero-order valence-electron chi connectivity index (χ0n) is 19.3. The summed E-state index contributed by atoms with van der Waals surface area (Å²) in [5.74, 6) is 0.777. The van der Waals surface area contributed by atoms with Crippen LogP contribution in [0.25, 0.3) is 10.9 Å². The minimum atomic E-state index is -0.543. The molecule has 1 atom stereocenters. The monoisotopic (exact) mass is 487 g/mol. The normalized spacial score (nSPS) is 17.2. The number of carbonyl (C=O) groups excluding carboxylic acids is 1. The summed E-state index contributed by atoms with van der Waals surface area (Å²) in [6.07, 6.45) is 7.10. The predicted molar refractivity (Wildman–Crippen MR) is 133 cm³/mol. The summed E-state index contributed by atoms with van der Waals surface area (Å²) < 4.78 is 25.5. The largest absolute Gasteiger partial charge is 0.497 e. The molecule has 0 radical (unpaired) electrons. The van der Waals surface area contributed by atoms with Gasteiger partial charge in [0.1, 0.15) is 12.4 Å². The van der Waals surface area contributed by atoms with Gasteiger partial charge >= 0.3 is 0 Å². The van der Waals surface area contributed by atoms with Crippen molar-refractivity contribution in [3.8, 4) is 11.5 Å². The number of rotatable bonds is 9. The van der Waals surface area contributed by atoms with Gasteiger partial charge in [-0.05, 0) is 80.5 Å². The first-order valence-corrected chi connectivity index (χ1v) is 11.7. The average molecular weight is 488 g/mol. The molecule has 0 saturated heterocycles. The summed E-state index contributed by atoms with van der Waals surface area (Å²) in [4.78, 5) is 17.7. The minimum absolute atomic E-state index is 0. The van der Waals surface area contributed by atoms with Crippen molar-refractivity contribution in [2.75, 3.05) is 26.8 Å². The number of nitrogens with two attached hydrogens (primary N) is 1.